The molecule has 0 spiro atoms. The summed E-state index contributed by atoms with van der Waals surface area (Å²) < 4.78 is 16.3. The van der Waals surface area contributed by atoms with Gasteiger partial charge in [-0.2, -0.15) is 10.2 Å². The van der Waals surface area contributed by atoms with E-state index < -0.39 is 0 Å². The lowest BCUT2D eigenvalue weighted by molar-refractivity contribution is 0.627. The molecule has 90 valence electrons. The molecule has 0 unspecified atom stereocenters. The van der Waals surface area contributed by atoms with E-state index in [4.69, 9.17) is 0 Å². The van der Waals surface area contributed by atoms with Crippen LogP contribution in [0.3, 0.4) is 0 Å². The molecule has 0 aliphatic carbocycles. The van der Waals surface area contributed by atoms with E-state index in [1.165, 1.54) is 12.1 Å². The molecule has 18 heavy (non-hydrogen) atoms. The monoisotopic (exact) mass is 242 g/mol. The van der Waals surface area contributed by atoms with Gasteiger partial charge in [0.15, 0.2) is 0 Å². The Morgan fingerprint density at radius 2 is 1.83 bits per heavy atom. The van der Waals surface area contributed by atoms with Crippen LogP contribution in [0.2, 0.25) is 0 Å². The summed E-state index contributed by atoms with van der Waals surface area (Å²) in [6.45, 7) is 0. The Labute approximate surface area is 103 Å². The van der Waals surface area contributed by atoms with Crippen LogP contribution in [-0.4, -0.2) is 19.6 Å². The first kappa shape index (κ1) is 10.7. The van der Waals surface area contributed by atoms with Gasteiger partial charge in [-0.15, -0.1) is 0 Å². The third kappa shape index (κ3) is 1.79. The van der Waals surface area contributed by atoms with Gasteiger partial charge in [0.1, 0.15) is 5.82 Å². The number of aryl methyl sites for hydroxylation is 1. The number of hydrogen-bond donors (Lipinski definition) is 0. The average Bonchev–Trinajstić information content (AvgIpc) is 2.98. The minimum absolute atomic E-state index is 0.252. The normalized spacial score (nSPS) is 10.8. The number of aromatic nitrogens is 4. The molecule has 4 nitrogen and oxygen atoms in total. The minimum atomic E-state index is -0.252. The van der Waals surface area contributed by atoms with E-state index in [0.29, 0.717) is 0 Å². The van der Waals surface area contributed by atoms with E-state index in [-0.39, 0.29) is 5.82 Å². The summed E-state index contributed by atoms with van der Waals surface area (Å²) in [5.74, 6) is -0.252. The number of halogens is 1. The largest absolute Gasteiger partial charge is 0.268 e. The van der Waals surface area contributed by atoms with Crippen molar-refractivity contribution in [2.24, 2.45) is 7.05 Å². The van der Waals surface area contributed by atoms with Crippen LogP contribution in [0, 0.1) is 5.82 Å². The standard InChI is InChI=1S/C13H11FN4/c1-17-13(6-7-15-17)10-8-16-18(9-10)12-4-2-11(14)3-5-12/h2-9H,1H3. The molecule has 0 fully saturated rings. The van der Waals surface area contributed by atoms with Crippen LogP contribution in [0.1, 0.15) is 0 Å². The van der Waals surface area contributed by atoms with E-state index in [0.717, 1.165) is 16.9 Å². The first-order valence-electron chi connectivity index (χ1n) is 5.53. The predicted octanol–water partition coefficient (Wildman–Crippen LogP) is 2.41. The molecule has 0 bridgehead atoms. The Morgan fingerprint density at radius 3 is 2.50 bits per heavy atom. The van der Waals surface area contributed by atoms with Gasteiger partial charge in [-0.25, -0.2) is 9.07 Å². The van der Waals surface area contributed by atoms with Crippen molar-refractivity contribution < 1.29 is 4.39 Å². The molecule has 0 N–H and O–H groups in total. The molecule has 1 aromatic carbocycles. The van der Waals surface area contributed by atoms with Gasteiger partial charge in [-0.1, -0.05) is 0 Å². The number of hydrogen-bond acceptors (Lipinski definition) is 2. The van der Waals surface area contributed by atoms with Gasteiger partial charge in [0, 0.05) is 25.0 Å². The molecular formula is C13H11FN4. The molecule has 0 saturated heterocycles. The highest BCUT2D eigenvalue weighted by molar-refractivity contribution is 5.57. The van der Waals surface area contributed by atoms with Crippen molar-refractivity contribution in [3.8, 4) is 16.9 Å². The topological polar surface area (TPSA) is 35.6 Å². The highest BCUT2D eigenvalue weighted by atomic mass is 19.1. The van der Waals surface area contributed by atoms with Crippen LogP contribution in [-0.2, 0) is 7.05 Å². The maximum atomic E-state index is 12.8. The molecule has 0 saturated carbocycles. The van der Waals surface area contributed by atoms with Crippen LogP contribution in [0.25, 0.3) is 16.9 Å². The lowest BCUT2D eigenvalue weighted by Crippen LogP contribution is -1.94. The molecule has 5 heteroatoms. The number of nitrogens with zero attached hydrogens (tertiary/aromatic N) is 4. The highest BCUT2D eigenvalue weighted by Crippen LogP contribution is 2.19. The summed E-state index contributed by atoms with van der Waals surface area (Å²) in [4.78, 5) is 0. The summed E-state index contributed by atoms with van der Waals surface area (Å²) in [6, 6.07) is 8.14. The van der Waals surface area contributed by atoms with Crippen LogP contribution < -0.4 is 0 Å². The smallest absolute Gasteiger partial charge is 0.123 e. The quantitative estimate of drug-likeness (QED) is 0.691. The molecule has 2 aromatic heterocycles. The van der Waals surface area contributed by atoms with Gasteiger partial charge < -0.3 is 0 Å². The van der Waals surface area contributed by atoms with Crippen molar-refractivity contribution in [2.45, 2.75) is 0 Å². The summed E-state index contributed by atoms with van der Waals surface area (Å²) in [6.07, 6.45) is 5.40. The molecule has 0 aliphatic rings. The molecule has 3 aromatic rings. The highest BCUT2D eigenvalue weighted by Gasteiger charge is 2.06. The predicted molar refractivity (Wildman–Crippen MR) is 65.7 cm³/mol. The molecule has 0 atom stereocenters. The van der Waals surface area contributed by atoms with E-state index in [1.54, 1.807) is 33.9 Å². The van der Waals surface area contributed by atoms with Gasteiger partial charge in [0.05, 0.1) is 17.6 Å². The molecule has 2 heterocycles. The summed E-state index contributed by atoms with van der Waals surface area (Å²) in [7, 11) is 1.88. The zero-order chi connectivity index (χ0) is 12.5. The average molecular weight is 242 g/mol. The zero-order valence-electron chi connectivity index (χ0n) is 9.79. The number of benzene rings is 1. The van der Waals surface area contributed by atoms with Gasteiger partial charge in [-0.3, -0.25) is 4.68 Å². The fourth-order valence-corrected chi connectivity index (χ4v) is 1.85. The maximum absolute atomic E-state index is 12.8. The first-order valence-corrected chi connectivity index (χ1v) is 5.53. The van der Waals surface area contributed by atoms with Crippen molar-refractivity contribution >= 4 is 0 Å². The summed E-state index contributed by atoms with van der Waals surface area (Å²) in [5.41, 5.74) is 2.78. The fourth-order valence-electron chi connectivity index (χ4n) is 1.85. The van der Waals surface area contributed by atoms with E-state index in [1.807, 2.05) is 19.3 Å². The lowest BCUT2D eigenvalue weighted by Gasteiger charge is -2.00. The SMILES string of the molecule is Cn1nccc1-c1cnn(-c2ccc(F)cc2)c1. The summed E-state index contributed by atoms with van der Waals surface area (Å²) in [5, 5.41) is 8.38. The van der Waals surface area contributed by atoms with Gasteiger partial charge >= 0.3 is 0 Å². The van der Waals surface area contributed by atoms with Crippen molar-refractivity contribution in [3.63, 3.8) is 0 Å². The third-order valence-electron chi connectivity index (χ3n) is 2.79. The molecular weight excluding hydrogens is 231 g/mol. The van der Waals surface area contributed by atoms with Crippen LogP contribution >= 0.6 is 0 Å². The Hall–Kier alpha value is -2.43. The van der Waals surface area contributed by atoms with Crippen LogP contribution in [0.5, 0.6) is 0 Å². The maximum Gasteiger partial charge on any atom is 0.123 e. The Bertz CT molecular complexity index is 666. The minimum Gasteiger partial charge on any atom is -0.268 e. The zero-order valence-corrected chi connectivity index (χ0v) is 9.79. The van der Waals surface area contributed by atoms with Crippen LogP contribution in [0.4, 0.5) is 4.39 Å². The van der Waals surface area contributed by atoms with Crippen molar-refractivity contribution in [1.82, 2.24) is 19.6 Å². The van der Waals surface area contributed by atoms with E-state index >= 15 is 0 Å². The molecule has 0 aliphatic heterocycles. The van der Waals surface area contributed by atoms with Crippen molar-refractivity contribution in [2.75, 3.05) is 0 Å². The second-order valence-electron chi connectivity index (χ2n) is 3.99. The summed E-state index contributed by atoms with van der Waals surface area (Å²) >= 11 is 0. The third-order valence-corrected chi connectivity index (χ3v) is 2.79. The Balaban J connectivity index is 1.99. The second kappa shape index (κ2) is 4.10. The van der Waals surface area contributed by atoms with Crippen LogP contribution in [0.15, 0.2) is 48.9 Å². The molecule has 0 radical (unpaired) electrons. The van der Waals surface area contributed by atoms with E-state index in [2.05, 4.69) is 10.2 Å². The van der Waals surface area contributed by atoms with Crippen molar-refractivity contribution in [1.29, 1.82) is 0 Å². The Morgan fingerprint density at radius 1 is 1.06 bits per heavy atom. The molecule has 3 rings (SSSR count). The van der Waals surface area contributed by atoms with E-state index in [9.17, 15) is 4.39 Å². The van der Waals surface area contributed by atoms with Crippen molar-refractivity contribution in [3.05, 3.63) is 54.7 Å². The fraction of sp³-hybridized carbons (Fsp3) is 0.0769. The second-order valence-corrected chi connectivity index (χ2v) is 3.99. The lowest BCUT2D eigenvalue weighted by atomic mass is 10.2. The van der Waals surface area contributed by atoms with Gasteiger partial charge in [0.25, 0.3) is 0 Å². The first-order chi connectivity index (χ1) is 8.74. The van der Waals surface area contributed by atoms with Gasteiger partial charge in [-0.05, 0) is 30.3 Å². The Kier molecular flexibility index (Phi) is 2.44. The molecule has 0 amide bonds. The number of rotatable bonds is 2. The van der Waals surface area contributed by atoms with Gasteiger partial charge in [0.2, 0.25) is 0 Å².